The molecule has 0 atom stereocenters. The standard InChI is InChI=1S/C22H24N2O3/c25-20(23-16-22(12-13-22)17-5-2-1-3-6-17)15-27-19-10-8-18(9-11-19)24-14-4-7-21(24)26/h1-3,5-6,8-11H,4,7,12-16H2,(H,23,25). The highest BCUT2D eigenvalue weighted by Crippen LogP contribution is 2.47. The number of anilines is 1. The maximum absolute atomic E-state index is 12.2. The third kappa shape index (κ3) is 3.97. The first-order valence-electron chi connectivity index (χ1n) is 9.52. The van der Waals surface area contributed by atoms with E-state index in [4.69, 9.17) is 4.74 Å². The van der Waals surface area contributed by atoms with E-state index < -0.39 is 0 Å². The van der Waals surface area contributed by atoms with E-state index in [-0.39, 0.29) is 23.8 Å². The molecule has 1 aliphatic carbocycles. The van der Waals surface area contributed by atoms with Gasteiger partial charge in [0.1, 0.15) is 5.75 Å². The molecular weight excluding hydrogens is 340 g/mol. The number of amides is 2. The number of benzene rings is 2. The molecule has 1 saturated heterocycles. The van der Waals surface area contributed by atoms with Gasteiger partial charge in [-0.3, -0.25) is 9.59 Å². The van der Waals surface area contributed by atoms with Gasteiger partial charge in [0.25, 0.3) is 5.91 Å². The van der Waals surface area contributed by atoms with Crippen LogP contribution in [0.2, 0.25) is 0 Å². The molecule has 0 bridgehead atoms. The number of nitrogens with one attached hydrogen (secondary N) is 1. The summed E-state index contributed by atoms with van der Waals surface area (Å²) in [6, 6.07) is 17.7. The van der Waals surface area contributed by atoms with Crippen molar-refractivity contribution in [3.8, 4) is 5.75 Å². The number of carbonyl (C=O) groups is 2. The predicted octanol–water partition coefficient (Wildman–Crippen LogP) is 3.04. The summed E-state index contributed by atoms with van der Waals surface area (Å²) in [4.78, 5) is 25.7. The lowest BCUT2D eigenvalue weighted by Gasteiger charge is -2.17. The highest BCUT2D eigenvalue weighted by atomic mass is 16.5. The Hall–Kier alpha value is -2.82. The molecule has 2 aliphatic rings. The fraction of sp³-hybridized carbons (Fsp3) is 0.364. The minimum atomic E-state index is -0.115. The summed E-state index contributed by atoms with van der Waals surface area (Å²) < 4.78 is 5.59. The summed E-state index contributed by atoms with van der Waals surface area (Å²) in [6.45, 7) is 1.41. The summed E-state index contributed by atoms with van der Waals surface area (Å²) in [5.41, 5.74) is 2.27. The van der Waals surface area contributed by atoms with Gasteiger partial charge in [0, 0.05) is 30.6 Å². The molecule has 1 N–H and O–H groups in total. The van der Waals surface area contributed by atoms with Crippen molar-refractivity contribution in [2.75, 3.05) is 24.6 Å². The lowest BCUT2D eigenvalue weighted by atomic mass is 9.96. The van der Waals surface area contributed by atoms with Crippen LogP contribution in [-0.2, 0) is 15.0 Å². The smallest absolute Gasteiger partial charge is 0.257 e. The van der Waals surface area contributed by atoms with Crippen LogP contribution < -0.4 is 15.0 Å². The van der Waals surface area contributed by atoms with Gasteiger partial charge < -0.3 is 15.0 Å². The summed E-state index contributed by atoms with van der Waals surface area (Å²) in [5.74, 6) is 0.677. The van der Waals surface area contributed by atoms with Crippen LogP contribution in [0.4, 0.5) is 5.69 Å². The number of hydrogen-bond donors (Lipinski definition) is 1. The van der Waals surface area contributed by atoms with Gasteiger partial charge in [-0.05, 0) is 49.1 Å². The number of hydrogen-bond acceptors (Lipinski definition) is 3. The zero-order valence-electron chi connectivity index (χ0n) is 15.3. The molecule has 5 heteroatoms. The first kappa shape index (κ1) is 17.6. The van der Waals surface area contributed by atoms with E-state index in [9.17, 15) is 9.59 Å². The highest BCUT2D eigenvalue weighted by Gasteiger charge is 2.44. The van der Waals surface area contributed by atoms with Gasteiger partial charge in [-0.25, -0.2) is 0 Å². The van der Waals surface area contributed by atoms with Gasteiger partial charge in [0.05, 0.1) is 0 Å². The molecule has 0 radical (unpaired) electrons. The maximum atomic E-state index is 12.2. The summed E-state index contributed by atoms with van der Waals surface area (Å²) in [6.07, 6.45) is 3.73. The largest absolute Gasteiger partial charge is 0.484 e. The molecule has 27 heavy (non-hydrogen) atoms. The van der Waals surface area contributed by atoms with Gasteiger partial charge in [0.15, 0.2) is 6.61 Å². The van der Waals surface area contributed by atoms with Crippen molar-refractivity contribution < 1.29 is 14.3 Å². The van der Waals surface area contributed by atoms with Crippen LogP contribution in [0, 0.1) is 0 Å². The molecule has 5 nitrogen and oxygen atoms in total. The average Bonchev–Trinajstić information content (AvgIpc) is 3.39. The molecule has 0 spiro atoms. The van der Waals surface area contributed by atoms with Gasteiger partial charge in [-0.15, -0.1) is 0 Å². The molecule has 0 unspecified atom stereocenters. The highest BCUT2D eigenvalue weighted by molar-refractivity contribution is 5.95. The lowest BCUT2D eigenvalue weighted by molar-refractivity contribution is -0.123. The molecule has 2 fully saturated rings. The summed E-state index contributed by atoms with van der Waals surface area (Å²) in [7, 11) is 0. The van der Waals surface area contributed by atoms with Gasteiger partial charge in [-0.2, -0.15) is 0 Å². The quantitative estimate of drug-likeness (QED) is 0.822. The molecule has 2 amide bonds. The monoisotopic (exact) mass is 364 g/mol. The number of rotatable bonds is 7. The van der Waals surface area contributed by atoms with Crippen molar-refractivity contribution in [2.45, 2.75) is 31.1 Å². The van der Waals surface area contributed by atoms with Gasteiger partial charge in [-0.1, -0.05) is 30.3 Å². The second-order valence-corrected chi connectivity index (χ2v) is 7.35. The second-order valence-electron chi connectivity index (χ2n) is 7.35. The second kappa shape index (κ2) is 7.43. The van der Waals surface area contributed by atoms with E-state index in [2.05, 4.69) is 17.4 Å². The predicted molar refractivity (Wildman–Crippen MR) is 104 cm³/mol. The average molecular weight is 364 g/mol. The first-order valence-corrected chi connectivity index (χ1v) is 9.52. The summed E-state index contributed by atoms with van der Waals surface area (Å²) >= 11 is 0. The van der Waals surface area contributed by atoms with E-state index in [1.807, 2.05) is 30.3 Å². The fourth-order valence-corrected chi connectivity index (χ4v) is 3.62. The molecular formula is C22H24N2O3. The van der Waals surface area contributed by atoms with Gasteiger partial charge >= 0.3 is 0 Å². The number of carbonyl (C=O) groups excluding carboxylic acids is 2. The number of ether oxygens (including phenoxy) is 1. The first-order chi connectivity index (χ1) is 13.2. The van der Waals surface area contributed by atoms with Crippen LogP contribution in [0.15, 0.2) is 54.6 Å². The van der Waals surface area contributed by atoms with Crippen molar-refractivity contribution in [2.24, 2.45) is 0 Å². The molecule has 1 aliphatic heterocycles. The molecule has 1 saturated carbocycles. The third-order valence-electron chi connectivity index (χ3n) is 5.46. The van der Waals surface area contributed by atoms with Crippen LogP contribution >= 0.6 is 0 Å². The fourth-order valence-electron chi connectivity index (χ4n) is 3.62. The molecule has 1 heterocycles. The Kier molecular flexibility index (Phi) is 4.84. The topological polar surface area (TPSA) is 58.6 Å². The lowest BCUT2D eigenvalue weighted by Crippen LogP contribution is -2.35. The van der Waals surface area contributed by atoms with Crippen molar-refractivity contribution in [3.63, 3.8) is 0 Å². The Bertz CT molecular complexity index is 813. The van der Waals surface area contributed by atoms with Crippen LogP contribution in [0.3, 0.4) is 0 Å². The Morgan fingerprint density at radius 2 is 1.81 bits per heavy atom. The molecule has 140 valence electrons. The Labute approximate surface area is 159 Å². The SMILES string of the molecule is O=C(COc1ccc(N2CCCC2=O)cc1)NCC1(c2ccccc2)CC1. The molecule has 2 aromatic rings. The zero-order chi connectivity index (χ0) is 18.7. The normalized spacial score (nSPS) is 17.6. The molecule has 4 rings (SSSR count). The Balaban J connectivity index is 1.25. The van der Waals surface area contributed by atoms with Crippen LogP contribution in [0.1, 0.15) is 31.2 Å². The minimum absolute atomic E-state index is 0.00708. The van der Waals surface area contributed by atoms with E-state index in [0.29, 0.717) is 18.7 Å². The van der Waals surface area contributed by atoms with Crippen molar-refractivity contribution in [1.82, 2.24) is 5.32 Å². The van der Waals surface area contributed by atoms with E-state index in [0.717, 1.165) is 31.5 Å². The van der Waals surface area contributed by atoms with Crippen molar-refractivity contribution >= 4 is 17.5 Å². The molecule has 0 aromatic heterocycles. The van der Waals surface area contributed by atoms with Crippen molar-refractivity contribution in [3.05, 3.63) is 60.2 Å². The Morgan fingerprint density at radius 3 is 2.44 bits per heavy atom. The maximum Gasteiger partial charge on any atom is 0.257 e. The van der Waals surface area contributed by atoms with Crippen LogP contribution in [-0.4, -0.2) is 31.5 Å². The van der Waals surface area contributed by atoms with E-state index >= 15 is 0 Å². The van der Waals surface area contributed by atoms with Crippen molar-refractivity contribution in [1.29, 1.82) is 0 Å². The minimum Gasteiger partial charge on any atom is -0.484 e. The zero-order valence-corrected chi connectivity index (χ0v) is 15.3. The van der Waals surface area contributed by atoms with E-state index in [1.165, 1.54) is 5.56 Å². The summed E-state index contributed by atoms with van der Waals surface area (Å²) in [5, 5.41) is 3.00. The third-order valence-corrected chi connectivity index (χ3v) is 5.46. The van der Waals surface area contributed by atoms with E-state index in [1.54, 1.807) is 17.0 Å². The Morgan fingerprint density at radius 1 is 1.07 bits per heavy atom. The van der Waals surface area contributed by atoms with Crippen LogP contribution in [0.25, 0.3) is 0 Å². The molecule has 2 aromatic carbocycles. The van der Waals surface area contributed by atoms with Crippen LogP contribution in [0.5, 0.6) is 5.75 Å². The number of nitrogens with zero attached hydrogens (tertiary/aromatic N) is 1. The van der Waals surface area contributed by atoms with Gasteiger partial charge in [0.2, 0.25) is 5.91 Å².